The summed E-state index contributed by atoms with van der Waals surface area (Å²) in [5.74, 6) is 0. The number of nitrogens with one attached hydrogen (secondary N) is 1. The van der Waals surface area contributed by atoms with E-state index in [-0.39, 0.29) is 0 Å². The van der Waals surface area contributed by atoms with Gasteiger partial charge in [-0.2, -0.15) is 0 Å². The van der Waals surface area contributed by atoms with Crippen molar-refractivity contribution in [3.05, 3.63) is 28.8 Å². The Balaban J connectivity index is 2.21. The Hall–Kier alpha value is -0.820. The summed E-state index contributed by atoms with van der Waals surface area (Å²) in [6.45, 7) is 5.05. The van der Waals surface area contributed by atoms with Gasteiger partial charge in [0.15, 0.2) is 4.34 Å². The van der Waals surface area contributed by atoms with Crippen LogP contribution in [0.4, 0.5) is 5.13 Å². The topological polar surface area (TPSA) is 41.1 Å². The molecule has 1 aromatic heterocycles. The van der Waals surface area contributed by atoms with Crippen LogP contribution in [0.2, 0.25) is 5.02 Å². The fraction of sp³-hybridized carbons (Fsp3) is 0.429. The summed E-state index contributed by atoms with van der Waals surface area (Å²) in [6.07, 6.45) is 0. The van der Waals surface area contributed by atoms with Crippen LogP contribution in [0.5, 0.6) is 0 Å². The van der Waals surface area contributed by atoms with Crippen molar-refractivity contribution in [2.24, 2.45) is 0 Å². The van der Waals surface area contributed by atoms with Gasteiger partial charge in [0, 0.05) is 31.6 Å². The molecule has 0 saturated carbocycles. The molecule has 0 fully saturated rings. The predicted molar refractivity (Wildman–Crippen MR) is 91.8 cm³/mol. The summed E-state index contributed by atoms with van der Waals surface area (Å²) in [6, 6.07) is 6.42. The maximum atomic E-state index is 6.36. The minimum absolute atomic E-state index is 0.434. The van der Waals surface area contributed by atoms with Crippen molar-refractivity contribution in [1.29, 1.82) is 0 Å². The highest BCUT2D eigenvalue weighted by atomic mass is 35.5. The first-order chi connectivity index (χ1) is 9.97. The SMILES string of the molecule is CC(C)NCc1cccc(Cl)c1Sc1nnc(N(C)C)s1. The van der Waals surface area contributed by atoms with Crippen LogP contribution in [0.25, 0.3) is 0 Å². The molecule has 2 aromatic rings. The molecule has 7 heteroatoms. The minimum atomic E-state index is 0.434. The van der Waals surface area contributed by atoms with Gasteiger partial charge in [-0.15, -0.1) is 10.2 Å². The van der Waals surface area contributed by atoms with Gasteiger partial charge in [0.1, 0.15) is 0 Å². The summed E-state index contributed by atoms with van der Waals surface area (Å²) in [4.78, 5) is 3.00. The first kappa shape index (κ1) is 16.5. The van der Waals surface area contributed by atoms with Crippen molar-refractivity contribution in [3.8, 4) is 0 Å². The van der Waals surface area contributed by atoms with Crippen LogP contribution < -0.4 is 10.2 Å². The quantitative estimate of drug-likeness (QED) is 0.862. The van der Waals surface area contributed by atoms with Gasteiger partial charge in [0.25, 0.3) is 0 Å². The maximum absolute atomic E-state index is 6.36. The Morgan fingerprint density at radius 1 is 1.33 bits per heavy atom. The molecule has 2 rings (SSSR count). The number of halogens is 1. The summed E-state index contributed by atoms with van der Waals surface area (Å²) in [5, 5.41) is 13.5. The third kappa shape index (κ3) is 4.57. The third-order valence-corrected chi connectivity index (χ3v) is 5.47. The van der Waals surface area contributed by atoms with E-state index in [0.717, 1.165) is 25.9 Å². The van der Waals surface area contributed by atoms with Crippen LogP contribution in [0.15, 0.2) is 27.4 Å². The zero-order valence-electron chi connectivity index (χ0n) is 12.6. The summed E-state index contributed by atoms with van der Waals surface area (Å²) >= 11 is 9.50. The van der Waals surface area contributed by atoms with E-state index in [0.29, 0.717) is 6.04 Å². The highest BCUT2D eigenvalue weighted by Gasteiger charge is 2.13. The third-order valence-electron chi connectivity index (χ3n) is 2.72. The number of rotatable bonds is 6. The van der Waals surface area contributed by atoms with Crippen molar-refractivity contribution >= 4 is 39.8 Å². The number of benzene rings is 1. The van der Waals surface area contributed by atoms with Crippen LogP contribution >= 0.6 is 34.7 Å². The molecule has 21 heavy (non-hydrogen) atoms. The Morgan fingerprint density at radius 3 is 2.71 bits per heavy atom. The fourth-order valence-electron chi connectivity index (χ4n) is 1.63. The van der Waals surface area contributed by atoms with Gasteiger partial charge in [-0.25, -0.2) is 0 Å². The van der Waals surface area contributed by atoms with E-state index in [2.05, 4.69) is 35.4 Å². The molecular formula is C14H19ClN4S2. The van der Waals surface area contributed by atoms with Gasteiger partial charge < -0.3 is 10.2 Å². The summed E-state index contributed by atoms with van der Waals surface area (Å²) in [7, 11) is 3.92. The summed E-state index contributed by atoms with van der Waals surface area (Å²) < 4.78 is 0.901. The number of nitrogens with zero attached hydrogens (tertiary/aromatic N) is 3. The zero-order valence-corrected chi connectivity index (χ0v) is 14.9. The second-order valence-electron chi connectivity index (χ2n) is 5.11. The number of hydrogen-bond acceptors (Lipinski definition) is 6. The molecule has 1 heterocycles. The molecule has 0 radical (unpaired) electrons. The lowest BCUT2D eigenvalue weighted by Crippen LogP contribution is -2.22. The second-order valence-corrected chi connectivity index (χ2v) is 7.73. The first-order valence-corrected chi connectivity index (χ1v) is 8.68. The molecule has 114 valence electrons. The van der Waals surface area contributed by atoms with Crippen LogP contribution in [0, 0.1) is 0 Å². The van der Waals surface area contributed by atoms with Crippen LogP contribution in [0.3, 0.4) is 0 Å². The lowest BCUT2D eigenvalue weighted by molar-refractivity contribution is 0.585. The van der Waals surface area contributed by atoms with Crippen molar-refractivity contribution < 1.29 is 0 Å². The lowest BCUT2D eigenvalue weighted by atomic mass is 10.2. The molecular weight excluding hydrogens is 324 g/mol. The van der Waals surface area contributed by atoms with Crippen molar-refractivity contribution in [3.63, 3.8) is 0 Å². The lowest BCUT2D eigenvalue weighted by Gasteiger charge is -2.12. The normalized spacial score (nSPS) is 11.1. The van der Waals surface area contributed by atoms with Gasteiger partial charge in [-0.05, 0) is 11.6 Å². The largest absolute Gasteiger partial charge is 0.353 e. The Morgan fingerprint density at radius 2 is 2.10 bits per heavy atom. The Labute approximate surface area is 138 Å². The van der Waals surface area contributed by atoms with Gasteiger partial charge in [-0.3, -0.25) is 0 Å². The predicted octanol–water partition coefficient (Wildman–Crippen LogP) is 3.91. The monoisotopic (exact) mass is 342 g/mol. The molecule has 0 amide bonds. The van der Waals surface area contributed by atoms with Gasteiger partial charge >= 0.3 is 0 Å². The van der Waals surface area contributed by atoms with Crippen molar-refractivity contribution in [2.45, 2.75) is 35.7 Å². The Kier molecular flexibility index (Phi) is 5.87. The van der Waals surface area contributed by atoms with Crippen LogP contribution in [-0.2, 0) is 6.54 Å². The number of anilines is 1. The first-order valence-electron chi connectivity index (χ1n) is 6.67. The smallest absolute Gasteiger partial charge is 0.208 e. The van der Waals surface area contributed by atoms with Crippen molar-refractivity contribution in [1.82, 2.24) is 15.5 Å². The molecule has 0 atom stereocenters. The van der Waals surface area contributed by atoms with E-state index >= 15 is 0 Å². The van der Waals surface area contributed by atoms with E-state index in [1.807, 2.05) is 31.1 Å². The Bertz CT molecular complexity index is 598. The molecule has 4 nitrogen and oxygen atoms in total. The van der Waals surface area contributed by atoms with Crippen LogP contribution in [0.1, 0.15) is 19.4 Å². The molecule has 0 saturated heterocycles. The summed E-state index contributed by atoms with van der Waals surface area (Å²) in [5.41, 5.74) is 1.18. The molecule has 0 spiro atoms. The molecule has 0 aliphatic heterocycles. The molecule has 1 N–H and O–H groups in total. The average molecular weight is 343 g/mol. The van der Waals surface area contributed by atoms with E-state index in [1.165, 1.54) is 5.56 Å². The highest BCUT2D eigenvalue weighted by molar-refractivity contribution is 8.01. The van der Waals surface area contributed by atoms with E-state index in [4.69, 9.17) is 11.6 Å². The van der Waals surface area contributed by atoms with E-state index in [9.17, 15) is 0 Å². The van der Waals surface area contributed by atoms with Crippen molar-refractivity contribution in [2.75, 3.05) is 19.0 Å². The highest BCUT2D eigenvalue weighted by Crippen LogP contribution is 2.38. The number of aromatic nitrogens is 2. The maximum Gasteiger partial charge on any atom is 0.208 e. The average Bonchev–Trinajstić information content (AvgIpc) is 2.88. The number of hydrogen-bond donors (Lipinski definition) is 1. The van der Waals surface area contributed by atoms with Gasteiger partial charge in [0.05, 0.1) is 5.02 Å². The minimum Gasteiger partial charge on any atom is -0.353 e. The molecule has 0 unspecified atom stereocenters. The molecule has 0 aliphatic rings. The standard InChI is InChI=1S/C14H19ClN4S2/c1-9(2)16-8-10-6-5-7-11(15)12(10)20-14-18-17-13(21-14)19(3)4/h5-7,9,16H,8H2,1-4H3. The molecule has 1 aromatic carbocycles. The van der Waals surface area contributed by atoms with Gasteiger partial charge in [0.2, 0.25) is 5.13 Å². The van der Waals surface area contributed by atoms with E-state index < -0.39 is 0 Å². The zero-order chi connectivity index (χ0) is 15.4. The molecule has 0 bridgehead atoms. The van der Waals surface area contributed by atoms with Crippen LogP contribution in [-0.4, -0.2) is 30.3 Å². The van der Waals surface area contributed by atoms with E-state index in [1.54, 1.807) is 23.1 Å². The fourth-order valence-corrected chi connectivity index (χ4v) is 3.78. The second kappa shape index (κ2) is 7.45. The van der Waals surface area contributed by atoms with Gasteiger partial charge in [-0.1, -0.05) is 60.7 Å². The molecule has 0 aliphatic carbocycles.